The van der Waals surface area contributed by atoms with Crippen molar-refractivity contribution in [3.05, 3.63) is 0 Å². The molecule has 0 saturated carbocycles. The predicted octanol–water partition coefficient (Wildman–Crippen LogP) is -0.399. The Labute approximate surface area is 739 Å². The van der Waals surface area contributed by atoms with E-state index >= 15 is 0 Å². The molecule has 0 aliphatic rings. The third kappa shape index (κ3) is 120. The van der Waals surface area contributed by atoms with Crippen LogP contribution in [0.1, 0.15) is 0 Å². The van der Waals surface area contributed by atoms with Crippen LogP contribution >= 0.6 is 0 Å². The molecule has 746 valence electrons. The van der Waals surface area contributed by atoms with E-state index in [4.69, 9.17) is 200 Å². The summed E-state index contributed by atoms with van der Waals surface area (Å²) in [5, 5.41) is 8.63. The van der Waals surface area contributed by atoms with Gasteiger partial charge in [-0.15, -0.1) is 0 Å². The fourth-order valence-electron chi connectivity index (χ4n) is 8.83. The Bertz CT molecular complexity index is 1600. The van der Waals surface area contributed by atoms with Crippen molar-refractivity contribution in [2.45, 2.75) is 0 Å². The predicted molar refractivity (Wildman–Crippen MR) is 449 cm³/mol. The average Bonchev–Trinajstić information content (AvgIpc) is 1.21. The van der Waals surface area contributed by atoms with E-state index in [0.717, 1.165) is 0 Å². The van der Waals surface area contributed by atoms with Crippen molar-refractivity contribution in [3.63, 3.8) is 0 Å². The van der Waals surface area contributed by atoms with Gasteiger partial charge in [-0.1, -0.05) is 0 Å². The minimum atomic E-state index is 0.0148. The van der Waals surface area contributed by atoms with Gasteiger partial charge in [0.1, 0.15) is 0 Å². The molecule has 0 amide bonds. The smallest absolute Gasteiger partial charge is 0.0701 e. The summed E-state index contributed by atoms with van der Waals surface area (Å²) in [5.74, 6) is 0. The lowest BCUT2D eigenvalue weighted by Gasteiger charge is -2.09. The highest BCUT2D eigenvalue weighted by molar-refractivity contribution is 4.48. The van der Waals surface area contributed by atoms with Gasteiger partial charge in [-0.3, -0.25) is 0 Å². The molecule has 0 saturated heterocycles. The van der Waals surface area contributed by atoms with E-state index in [1.165, 1.54) is 0 Å². The first kappa shape index (κ1) is 122. The highest BCUT2D eigenvalue weighted by atomic mass is 16.6. The van der Waals surface area contributed by atoms with Crippen LogP contribution in [0.3, 0.4) is 0 Å². The van der Waals surface area contributed by atoms with Gasteiger partial charge in [-0.2, -0.15) is 0 Å². The normalized spacial score (nSPS) is 11.9. The second-order valence-corrected chi connectivity index (χ2v) is 25.0. The maximum Gasteiger partial charge on any atom is 0.0701 e. The second kappa shape index (κ2) is 121. The van der Waals surface area contributed by atoms with Gasteiger partial charge in [0.2, 0.25) is 0 Å². The van der Waals surface area contributed by atoms with Gasteiger partial charge >= 0.3 is 0 Å². The van der Waals surface area contributed by atoms with Gasteiger partial charge in [0.15, 0.2) is 0 Å². The summed E-state index contributed by atoms with van der Waals surface area (Å²) in [6.45, 7) is 39.1. The van der Waals surface area contributed by atoms with E-state index in [1.54, 1.807) is 0 Å². The highest BCUT2D eigenvalue weighted by Gasteiger charge is 2.05. The summed E-state index contributed by atoms with van der Waals surface area (Å²) in [6.07, 6.45) is 0. The van der Waals surface area contributed by atoms with Gasteiger partial charge in [-0.05, 0) is 0 Å². The largest absolute Gasteiger partial charge is 0.394 e. The van der Waals surface area contributed by atoms with Crippen molar-refractivity contribution in [2.75, 3.05) is 542 Å². The average molecular weight is 1820 g/mol. The second-order valence-electron chi connectivity index (χ2n) is 25.0. The van der Waals surface area contributed by atoms with E-state index in [-0.39, 0.29) is 6.61 Å². The molecular weight excluding hydrogens is 1650 g/mol. The van der Waals surface area contributed by atoms with Crippen LogP contribution in [0.25, 0.3) is 0 Å². The van der Waals surface area contributed by atoms with Crippen molar-refractivity contribution >= 4 is 0 Å². The molecular formula is C82H167NO41. The number of hydrogen-bond donors (Lipinski definition) is 2. The van der Waals surface area contributed by atoms with Crippen LogP contribution < -0.4 is 5.73 Å². The number of aliphatic hydroxyl groups is 1. The lowest BCUT2D eigenvalue weighted by molar-refractivity contribution is -0.0328. The zero-order chi connectivity index (χ0) is 88.3. The summed E-state index contributed by atoms with van der Waals surface area (Å²) in [5.41, 5.74) is 5.35. The van der Waals surface area contributed by atoms with Gasteiger partial charge in [0.05, 0.1) is 535 Å². The molecule has 0 bridgehead atoms. The van der Waals surface area contributed by atoms with Gasteiger partial charge in [0.25, 0.3) is 0 Å². The van der Waals surface area contributed by atoms with Crippen LogP contribution in [-0.4, -0.2) is 547 Å². The fourth-order valence-corrected chi connectivity index (χ4v) is 8.83. The molecule has 0 aliphatic carbocycles. The molecule has 0 unspecified atom stereocenters. The Kier molecular flexibility index (Phi) is 120. The Morgan fingerprint density at radius 1 is 0.0806 bits per heavy atom. The number of aliphatic hydroxyl groups excluding tert-OH is 1. The highest BCUT2D eigenvalue weighted by Crippen LogP contribution is 1.96. The first-order valence-corrected chi connectivity index (χ1v) is 44.3. The van der Waals surface area contributed by atoms with E-state index in [9.17, 15) is 0 Å². The number of ether oxygens (including phenoxy) is 40. The lowest BCUT2D eigenvalue weighted by Crippen LogP contribution is -2.16. The molecule has 42 heteroatoms. The molecule has 0 aromatic heterocycles. The van der Waals surface area contributed by atoms with Crippen molar-refractivity contribution in [1.29, 1.82) is 0 Å². The lowest BCUT2D eigenvalue weighted by atomic mass is 10.6. The van der Waals surface area contributed by atoms with Gasteiger partial charge in [0, 0.05) is 6.54 Å². The molecule has 0 fully saturated rings. The SMILES string of the molecule is NCCOCCOCCOCCOCCOCCOCCOCCOCCOCCOCCOCCOCCOCCOCCOCCOCCOCCOCCOCCOCCOCCOCCOCCOCCOCCOCCOCCOCCOCCOCCOCCOCCOCCOCCOCCOCCOCCOCCOCCOCCO. The Morgan fingerprint density at radius 2 is 0.129 bits per heavy atom. The van der Waals surface area contributed by atoms with Crippen LogP contribution in [0.5, 0.6) is 0 Å². The molecule has 0 spiro atoms. The Morgan fingerprint density at radius 3 is 0.177 bits per heavy atom. The maximum absolute atomic E-state index is 8.63. The molecule has 0 aromatic rings. The minimum Gasteiger partial charge on any atom is -0.394 e. The topological polar surface area (TPSA) is 415 Å². The Balaban J connectivity index is 3.10. The molecule has 0 heterocycles. The van der Waals surface area contributed by atoms with Crippen LogP contribution in [-0.2, 0) is 189 Å². The van der Waals surface area contributed by atoms with E-state index < -0.39 is 0 Å². The van der Waals surface area contributed by atoms with Gasteiger partial charge < -0.3 is 200 Å². The van der Waals surface area contributed by atoms with Crippen molar-refractivity contribution in [2.24, 2.45) is 5.73 Å². The third-order valence-corrected chi connectivity index (χ3v) is 15.0. The van der Waals surface area contributed by atoms with Crippen molar-refractivity contribution < 1.29 is 195 Å². The fraction of sp³-hybridized carbons (Fsp3) is 1.00. The van der Waals surface area contributed by atoms with Crippen molar-refractivity contribution in [3.8, 4) is 0 Å². The first-order valence-electron chi connectivity index (χ1n) is 44.3. The monoisotopic (exact) mass is 1820 g/mol. The quantitative estimate of drug-likeness (QED) is 0.0732. The molecule has 124 heavy (non-hydrogen) atoms. The zero-order valence-electron chi connectivity index (χ0n) is 75.3. The summed E-state index contributed by atoms with van der Waals surface area (Å²) in [6, 6.07) is 0. The van der Waals surface area contributed by atoms with Crippen LogP contribution in [0.15, 0.2) is 0 Å². The summed E-state index contributed by atoms with van der Waals surface area (Å²) in [7, 11) is 0. The van der Waals surface area contributed by atoms with Crippen LogP contribution in [0, 0.1) is 0 Å². The molecule has 0 aliphatic heterocycles. The number of hydrogen-bond acceptors (Lipinski definition) is 42. The summed E-state index contributed by atoms with van der Waals surface area (Å²) >= 11 is 0. The molecule has 42 nitrogen and oxygen atoms in total. The third-order valence-electron chi connectivity index (χ3n) is 15.0. The van der Waals surface area contributed by atoms with Crippen LogP contribution in [0.4, 0.5) is 0 Å². The van der Waals surface area contributed by atoms with Crippen molar-refractivity contribution in [1.82, 2.24) is 0 Å². The zero-order valence-corrected chi connectivity index (χ0v) is 75.3. The Hall–Kier alpha value is -1.68. The molecule has 3 N–H and O–H groups in total. The molecule has 0 atom stereocenters. The first-order chi connectivity index (χ1) is 61.9. The summed E-state index contributed by atoms with van der Waals surface area (Å²) < 4.78 is 220. The molecule has 0 rings (SSSR count). The van der Waals surface area contributed by atoms with Gasteiger partial charge in [-0.25, -0.2) is 0 Å². The summed E-state index contributed by atoms with van der Waals surface area (Å²) in [4.78, 5) is 0. The minimum absolute atomic E-state index is 0.0148. The van der Waals surface area contributed by atoms with E-state index in [2.05, 4.69) is 0 Å². The molecule has 0 aromatic carbocycles. The van der Waals surface area contributed by atoms with E-state index in [0.29, 0.717) is 535 Å². The van der Waals surface area contributed by atoms with Crippen LogP contribution in [0.2, 0.25) is 0 Å². The standard InChI is InChI=1S/C82H167NO41/c83-1-3-85-5-7-87-9-11-89-13-15-91-17-19-93-21-23-95-25-27-97-29-31-99-33-35-101-37-39-103-41-43-105-45-47-107-49-51-109-53-55-111-57-59-113-61-63-115-65-67-117-69-71-119-73-75-121-77-79-123-81-82-124-80-78-122-76-74-120-72-70-118-68-66-116-64-62-114-60-58-112-56-54-110-52-50-108-48-46-106-44-42-104-40-38-102-36-34-100-32-30-98-28-26-96-24-22-94-20-18-92-16-14-90-12-10-88-8-6-86-4-2-84/h84H,1-83H2. The maximum atomic E-state index is 8.63. The van der Waals surface area contributed by atoms with E-state index in [1.807, 2.05) is 0 Å². The number of nitrogens with two attached hydrogens (primary N) is 1. The molecule has 0 radical (unpaired) electrons. The number of rotatable bonds is 121.